The maximum atomic E-state index is 10.1. The van der Waals surface area contributed by atoms with Crippen molar-refractivity contribution in [3.63, 3.8) is 0 Å². The first kappa shape index (κ1) is 26.8. The Morgan fingerprint density at radius 3 is 1.30 bits per heavy atom. The Hall–Kier alpha value is -0.230. The topological polar surface area (TPSA) is 40.5 Å². The number of hydrogen-bond acceptors (Lipinski definition) is 3. The summed E-state index contributed by atoms with van der Waals surface area (Å²) in [4.78, 5) is 2.17. The first-order valence-corrected chi connectivity index (χ1v) is 9.17. The number of hydrogen-bond donors (Lipinski definition) is 2. The van der Waals surface area contributed by atoms with Gasteiger partial charge in [0.1, 0.15) is 24.6 Å². The largest absolute Gasteiger partial charge is 1.00 e. The first-order valence-electron chi connectivity index (χ1n) is 8.35. The van der Waals surface area contributed by atoms with E-state index in [1.807, 2.05) is 12.1 Å². The average molecular weight is 616 g/mol. The van der Waals surface area contributed by atoms with Crippen molar-refractivity contribution in [3.8, 4) is 11.5 Å². The summed E-state index contributed by atoms with van der Waals surface area (Å²) < 4.78 is 1.52. The molecule has 0 amide bonds. The molecule has 0 unspecified atom stereocenters. The summed E-state index contributed by atoms with van der Waals surface area (Å²) >= 11 is 1.65. The van der Waals surface area contributed by atoms with Crippen LogP contribution in [0.1, 0.15) is 11.1 Å². The zero-order valence-corrected chi connectivity index (χ0v) is 22.0. The van der Waals surface area contributed by atoms with Gasteiger partial charge in [-0.1, -0.05) is 11.8 Å². The predicted molar refractivity (Wildman–Crippen MR) is 104 cm³/mol. The van der Waals surface area contributed by atoms with Gasteiger partial charge < -0.3 is 67.1 Å². The molecule has 0 saturated heterocycles. The van der Waals surface area contributed by atoms with Crippen LogP contribution in [-0.4, -0.2) is 61.5 Å². The monoisotopic (exact) mass is 616 g/mol. The maximum absolute atomic E-state index is 10.1. The van der Waals surface area contributed by atoms with Crippen LogP contribution in [0.4, 0.5) is 0 Å². The van der Waals surface area contributed by atoms with Gasteiger partial charge in [-0.05, 0) is 36.4 Å². The quantitative estimate of drug-likeness (QED) is 0.283. The average Bonchev–Trinajstić information content (AvgIpc) is 2.43. The SMILES string of the molecule is C[N+](C)(C)Cc1cc(Sc2ccc(O)c(C[N+](C)(C)C)c2)ccc1O.[I-].[I-]. The maximum Gasteiger partial charge on any atom is 0.124 e. The molecule has 0 aliphatic carbocycles. The highest BCUT2D eigenvalue weighted by Gasteiger charge is 2.15. The van der Waals surface area contributed by atoms with Crippen LogP contribution in [0.15, 0.2) is 46.2 Å². The van der Waals surface area contributed by atoms with E-state index in [1.54, 1.807) is 23.9 Å². The van der Waals surface area contributed by atoms with E-state index in [4.69, 9.17) is 0 Å². The van der Waals surface area contributed by atoms with Crippen LogP contribution >= 0.6 is 11.8 Å². The van der Waals surface area contributed by atoms with E-state index in [1.165, 1.54) is 0 Å². The van der Waals surface area contributed by atoms with Crippen LogP contribution in [0, 0.1) is 0 Å². The molecule has 0 fully saturated rings. The van der Waals surface area contributed by atoms with Crippen molar-refractivity contribution in [2.24, 2.45) is 0 Å². The van der Waals surface area contributed by atoms with E-state index in [0.29, 0.717) is 11.5 Å². The van der Waals surface area contributed by atoms with E-state index in [-0.39, 0.29) is 48.0 Å². The summed E-state index contributed by atoms with van der Waals surface area (Å²) in [6, 6.07) is 11.5. The van der Waals surface area contributed by atoms with Crippen molar-refractivity contribution in [1.82, 2.24) is 0 Å². The van der Waals surface area contributed by atoms with Crippen molar-refractivity contribution in [3.05, 3.63) is 47.5 Å². The van der Waals surface area contributed by atoms with Gasteiger partial charge in [0.2, 0.25) is 0 Å². The lowest BCUT2D eigenvalue weighted by molar-refractivity contribution is -0.884. The van der Waals surface area contributed by atoms with E-state index in [2.05, 4.69) is 54.4 Å². The smallest absolute Gasteiger partial charge is 0.124 e. The molecule has 0 spiro atoms. The minimum atomic E-state index is 0. The minimum absolute atomic E-state index is 0. The molecule has 7 heteroatoms. The lowest BCUT2D eigenvalue weighted by Crippen LogP contribution is -3.00. The normalized spacial score (nSPS) is 11.5. The lowest BCUT2D eigenvalue weighted by atomic mass is 10.2. The second-order valence-electron chi connectivity index (χ2n) is 8.58. The molecule has 27 heavy (non-hydrogen) atoms. The van der Waals surface area contributed by atoms with E-state index >= 15 is 0 Å². The van der Waals surface area contributed by atoms with E-state index in [9.17, 15) is 10.2 Å². The molecule has 0 heterocycles. The molecule has 2 rings (SSSR count). The van der Waals surface area contributed by atoms with Crippen LogP contribution in [0.2, 0.25) is 0 Å². The van der Waals surface area contributed by atoms with Crippen LogP contribution in [0.25, 0.3) is 0 Å². The Morgan fingerprint density at radius 1 is 0.667 bits per heavy atom. The van der Waals surface area contributed by atoms with Crippen molar-refractivity contribution >= 4 is 11.8 Å². The van der Waals surface area contributed by atoms with Gasteiger partial charge in [-0.15, -0.1) is 0 Å². The highest BCUT2D eigenvalue weighted by molar-refractivity contribution is 7.99. The Bertz CT molecular complexity index is 693. The van der Waals surface area contributed by atoms with E-state index < -0.39 is 0 Å². The molecule has 0 saturated carbocycles. The Balaban J connectivity index is 0.00000338. The minimum Gasteiger partial charge on any atom is -1.00 e. The van der Waals surface area contributed by atoms with Crippen LogP contribution in [0.5, 0.6) is 11.5 Å². The van der Waals surface area contributed by atoms with Gasteiger partial charge in [0.15, 0.2) is 0 Å². The molecule has 0 bridgehead atoms. The molecular weight excluding hydrogens is 586 g/mol. The number of benzene rings is 2. The Kier molecular flexibility index (Phi) is 10.4. The van der Waals surface area contributed by atoms with Crippen LogP contribution in [-0.2, 0) is 13.1 Å². The van der Waals surface area contributed by atoms with Gasteiger partial charge in [-0.3, -0.25) is 0 Å². The second kappa shape index (κ2) is 10.5. The Labute approximate surface area is 201 Å². The standard InChI is InChI=1S/C20H28N2O2S.2HI/c1-21(2,3)13-15-11-17(7-9-19(15)23)25-18-8-10-20(24)16(12-18)14-22(4,5)6;;/h7-12H,13-14H2,1-6H3;2*1H. The summed E-state index contributed by atoms with van der Waals surface area (Å²) in [6.45, 7) is 1.53. The second-order valence-corrected chi connectivity index (χ2v) is 9.73. The summed E-state index contributed by atoms with van der Waals surface area (Å²) in [5.41, 5.74) is 1.89. The third-order valence-corrected chi connectivity index (χ3v) is 4.61. The first-order chi connectivity index (χ1) is 11.4. The molecule has 0 aliphatic heterocycles. The zero-order valence-electron chi connectivity index (χ0n) is 16.8. The van der Waals surface area contributed by atoms with Crippen LogP contribution < -0.4 is 48.0 Å². The highest BCUT2D eigenvalue weighted by atomic mass is 127. The predicted octanol–water partition coefficient (Wildman–Crippen LogP) is -2.33. The molecule has 0 aliphatic rings. The van der Waals surface area contributed by atoms with Crippen LogP contribution in [0.3, 0.4) is 0 Å². The molecule has 0 aromatic heterocycles. The molecule has 0 radical (unpaired) electrons. The zero-order chi connectivity index (χ0) is 18.8. The number of quaternary nitrogens is 2. The lowest BCUT2D eigenvalue weighted by Gasteiger charge is -2.25. The number of phenols is 2. The summed E-state index contributed by atoms with van der Waals surface area (Å²) in [5, 5.41) is 20.2. The number of aromatic hydroxyl groups is 2. The van der Waals surface area contributed by atoms with Gasteiger partial charge in [-0.25, -0.2) is 0 Å². The fourth-order valence-electron chi connectivity index (χ4n) is 2.66. The van der Waals surface area contributed by atoms with E-state index in [0.717, 1.165) is 43.0 Å². The molecule has 2 N–H and O–H groups in total. The van der Waals surface area contributed by atoms with Gasteiger partial charge in [0.25, 0.3) is 0 Å². The number of rotatable bonds is 6. The fourth-order valence-corrected chi connectivity index (χ4v) is 3.61. The number of halogens is 2. The third kappa shape index (κ3) is 9.21. The molecule has 4 nitrogen and oxygen atoms in total. The number of nitrogens with zero attached hydrogens (tertiary/aromatic N) is 2. The molecule has 2 aromatic rings. The van der Waals surface area contributed by atoms with Crippen molar-refractivity contribution in [2.45, 2.75) is 22.9 Å². The van der Waals surface area contributed by atoms with Crippen molar-refractivity contribution in [2.75, 3.05) is 42.3 Å². The molecule has 152 valence electrons. The Morgan fingerprint density at radius 2 is 1.00 bits per heavy atom. The summed E-state index contributed by atoms with van der Waals surface area (Å²) in [5.74, 6) is 0.683. The molecule has 0 atom stereocenters. The number of phenolic OH excluding ortho intramolecular Hbond substituents is 2. The summed E-state index contributed by atoms with van der Waals surface area (Å²) in [6.07, 6.45) is 0. The third-order valence-electron chi connectivity index (χ3n) is 3.63. The van der Waals surface area contributed by atoms with Crippen molar-refractivity contribution < 1.29 is 67.1 Å². The molecular formula is C20H30I2N2O2S. The fraction of sp³-hybridized carbons (Fsp3) is 0.400. The molecule has 2 aromatic carbocycles. The van der Waals surface area contributed by atoms with Crippen molar-refractivity contribution in [1.29, 1.82) is 0 Å². The summed E-state index contributed by atoms with van der Waals surface area (Å²) in [7, 11) is 12.6. The van der Waals surface area contributed by atoms with Gasteiger partial charge >= 0.3 is 0 Å². The van der Waals surface area contributed by atoms with Gasteiger partial charge in [0, 0.05) is 20.9 Å². The van der Waals surface area contributed by atoms with Gasteiger partial charge in [-0.2, -0.15) is 0 Å². The highest BCUT2D eigenvalue weighted by Crippen LogP contribution is 2.34. The van der Waals surface area contributed by atoms with Gasteiger partial charge in [0.05, 0.1) is 42.3 Å².